The average molecular weight is 352 g/mol. The van der Waals surface area contributed by atoms with Crippen molar-refractivity contribution < 1.29 is 4.79 Å². The molecule has 0 spiro atoms. The van der Waals surface area contributed by atoms with Gasteiger partial charge in [0.2, 0.25) is 0 Å². The van der Waals surface area contributed by atoms with Gasteiger partial charge < -0.3 is 15.1 Å². The second-order valence-corrected chi connectivity index (χ2v) is 6.88. The molecule has 2 aromatic heterocycles. The van der Waals surface area contributed by atoms with E-state index in [0.29, 0.717) is 24.8 Å². The summed E-state index contributed by atoms with van der Waals surface area (Å²) in [7, 11) is 0. The number of anilines is 2. The SMILES string of the molecule is O=C(c1cc(NC2CCCC2)ncn1)N1CCN(c2ccccn2)CC1. The first-order valence-corrected chi connectivity index (χ1v) is 9.33. The van der Waals surface area contributed by atoms with E-state index in [4.69, 9.17) is 0 Å². The van der Waals surface area contributed by atoms with Gasteiger partial charge in [0.05, 0.1) is 0 Å². The van der Waals surface area contributed by atoms with Crippen molar-refractivity contribution in [2.24, 2.45) is 0 Å². The number of nitrogens with zero attached hydrogens (tertiary/aromatic N) is 5. The zero-order valence-corrected chi connectivity index (χ0v) is 14.8. The highest BCUT2D eigenvalue weighted by Gasteiger charge is 2.24. The van der Waals surface area contributed by atoms with Gasteiger partial charge in [-0.05, 0) is 25.0 Å². The van der Waals surface area contributed by atoms with E-state index < -0.39 is 0 Å². The minimum Gasteiger partial charge on any atom is -0.367 e. The Morgan fingerprint density at radius 2 is 1.85 bits per heavy atom. The number of piperazine rings is 1. The first-order chi connectivity index (χ1) is 12.8. The van der Waals surface area contributed by atoms with Crippen LogP contribution in [-0.2, 0) is 0 Å². The van der Waals surface area contributed by atoms with Gasteiger partial charge in [-0.15, -0.1) is 0 Å². The fraction of sp³-hybridized carbons (Fsp3) is 0.474. The van der Waals surface area contributed by atoms with Crippen molar-refractivity contribution in [1.82, 2.24) is 19.9 Å². The summed E-state index contributed by atoms with van der Waals surface area (Å²) in [6, 6.07) is 8.15. The molecule has 1 aliphatic carbocycles. The molecule has 136 valence electrons. The van der Waals surface area contributed by atoms with Gasteiger partial charge >= 0.3 is 0 Å². The Balaban J connectivity index is 1.37. The van der Waals surface area contributed by atoms with Crippen molar-refractivity contribution in [3.8, 4) is 0 Å². The third-order valence-electron chi connectivity index (χ3n) is 5.13. The van der Waals surface area contributed by atoms with Crippen molar-refractivity contribution >= 4 is 17.5 Å². The lowest BCUT2D eigenvalue weighted by atomic mass is 10.2. The molecule has 2 fully saturated rings. The molecular weight excluding hydrogens is 328 g/mol. The van der Waals surface area contributed by atoms with Gasteiger partial charge in [-0.25, -0.2) is 15.0 Å². The molecule has 7 nitrogen and oxygen atoms in total. The minimum atomic E-state index is -0.0254. The van der Waals surface area contributed by atoms with Gasteiger partial charge in [0, 0.05) is 44.5 Å². The molecule has 1 saturated heterocycles. The summed E-state index contributed by atoms with van der Waals surface area (Å²) in [4.78, 5) is 29.7. The van der Waals surface area contributed by atoms with Crippen LogP contribution in [0.5, 0.6) is 0 Å². The Morgan fingerprint density at radius 3 is 2.58 bits per heavy atom. The van der Waals surface area contributed by atoms with Crippen molar-refractivity contribution in [1.29, 1.82) is 0 Å². The monoisotopic (exact) mass is 352 g/mol. The summed E-state index contributed by atoms with van der Waals surface area (Å²) in [5, 5.41) is 3.43. The normalized spacial score (nSPS) is 18.2. The van der Waals surface area contributed by atoms with Crippen LogP contribution >= 0.6 is 0 Å². The van der Waals surface area contributed by atoms with E-state index in [1.807, 2.05) is 23.1 Å². The lowest BCUT2D eigenvalue weighted by Crippen LogP contribution is -2.49. The van der Waals surface area contributed by atoms with E-state index >= 15 is 0 Å². The molecule has 4 rings (SSSR count). The number of hydrogen-bond donors (Lipinski definition) is 1. The highest BCUT2D eigenvalue weighted by Crippen LogP contribution is 2.21. The molecule has 1 aliphatic heterocycles. The number of aromatic nitrogens is 3. The molecule has 1 N–H and O–H groups in total. The molecule has 0 atom stereocenters. The first-order valence-electron chi connectivity index (χ1n) is 9.33. The molecule has 7 heteroatoms. The first kappa shape index (κ1) is 16.8. The van der Waals surface area contributed by atoms with Gasteiger partial charge in [-0.3, -0.25) is 4.79 Å². The maximum Gasteiger partial charge on any atom is 0.272 e. The Kier molecular flexibility index (Phi) is 4.95. The lowest BCUT2D eigenvalue weighted by molar-refractivity contribution is 0.0740. The minimum absolute atomic E-state index is 0.0254. The Bertz CT molecular complexity index is 739. The number of carbonyl (C=O) groups is 1. The maximum absolute atomic E-state index is 12.8. The van der Waals surface area contributed by atoms with Gasteiger partial charge in [-0.1, -0.05) is 18.9 Å². The van der Waals surface area contributed by atoms with Crippen LogP contribution in [0.1, 0.15) is 36.2 Å². The molecule has 26 heavy (non-hydrogen) atoms. The molecule has 0 unspecified atom stereocenters. The number of rotatable bonds is 4. The summed E-state index contributed by atoms with van der Waals surface area (Å²) in [5.41, 5.74) is 0.465. The Labute approximate surface area is 153 Å². The van der Waals surface area contributed by atoms with Crippen LogP contribution in [0.3, 0.4) is 0 Å². The fourth-order valence-electron chi connectivity index (χ4n) is 3.67. The Hall–Kier alpha value is -2.70. The summed E-state index contributed by atoms with van der Waals surface area (Å²) < 4.78 is 0. The molecule has 3 heterocycles. The Morgan fingerprint density at radius 1 is 1.04 bits per heavy atom. The quantitative estimate of drug-likeness (QED) is 0.909. The van der Waals surface area contributed by atoms with Crippen molar-refractivity contribution in [2.75, 3.05) is 36.4 Å². The summed E-state index contributed by atoms with van der Waals surface area (Å²) >= 11 is 0. The molecule has 0 aromatic carbocycles. The van der Waals surface area contributed by atoms with Crippen LogP contribution in [-0.4, -0.2) is 58.0 Å². The second-order valence-electron chi connectivity index (χ2n) is 6.88. The van der Waals surface area contributed by atoms with Crippen LogP contribution in [0.25, 0.3) is 0 Å². The standard InChI is InChI=1S/C19H24N6O/c26-19(16-13-17(22-14-21-16)23-15-5-1-2-6-15)25-11-9-24(10-12-25)18-7-3-4-8-20-18/h3-4,7-8,13-15H,1-2,5-6,9-12H2,(H,21,22,23). The van der Waals surface area contributed by atoms with E-state index in [1.165, 1.54) is 32.0 Å². The van der Waals surface area contributed by atoms with Crippen molar-refractivity contribution in [3.05, 3.63) is 42.5 Å². The van der Waals surface area contributed by atoms with Crippen molar-refractivity contribution in [2.45, 2.75) is 31.7 Å². The van der Waals surface area contributed by atoms with E-state index in [2.05, 4.69) is 25.2 Å². The topological polar surface area (TPSA) is 74.2 Å². The molecule has 1 amide bonds. The average Bonchev–Trinajstić information content (AvgIpc) is 3.21. The van der Waals surface area contributed by atoms with Crippen LogP contribution in [0, 0.1) is 0 Å². The van der Waals surface area contributed by atoms with Crippen molar-refractivity contribution in [3.63, 3.8) is 0 Å². The van der Waals surface area contributed by atoms with Gasteiger partial charge in [0.25, 0.3) is 5.91 Å². The highest BCUT2D eigenvalue weighted by atomic mass is 16.2. The highest BCUT2D eigenvalue weighted by molar-refractivity contribution is 5.93. The van der Waals surface area contributed by atoms with Crippen LogP contribution < -0.4 is 10.2 Å². The molecule has 2 aromatic rings. The van der Waals surface area contributed by atoms with E-state index in [-0.39, 0.29) is 5.91 Å². The zero-order chi connectivity index (χ0) is 17.8. The molecule has 1 saturated carbocycles. The van der Waals surface area contributed by atoms with E-state index in [0.717, 1.165) is 24.7 Å². The third-order valence-corrected chi connectivity index (χ3v) is 5.13. The third kappa shape index (κ3) is 3.76. The fourth-order valence-corrected chi connectivity index (χ4v) is 3.67. The zero-order valence-electron chi connectivity index (χ0n) is 14.8. The van der Waals surface area contributed by atoms with Gasteiger partial charge in [-0.2, -0.15) is 0 Å². The summed E-state index contributed by atoms with van der Waals surface area (Å²) in [5.74, 6) is 1.69. The molecular formula is C19H24N6O. The molecule has 0 bridgehead atoms. The maximum atomic E-state index is 12.8. The van der Waals surface area contributed by atoms with Crippen LogP contribution in [0.2, 0.25) is 0 Å². The number of hydrogen-bond acceptors (Lipinski definition) is 6. The summed E-state index contributed by atoms with van der Waals surface area (Å²) in [6.07, 6.45) is 8.14. The number of pyridine rings is 1. The number of amides is 1. The second kappa shape index (κ2) is 7.68. The molecule has 0 radical (unpaired) electrons. The predicted molar refractivity (Wildman–Crippen MR) is 100 cm³/mol. The van der Waals surface area contributed by atoms with Crippen LogP contribution in [0.15, 0.2) is 36.8 Å². The summed E-state index contributed by atoms with van der Waals surface area (Å²) in [6.45, 7) is 2.90. The van der Waals surface area contributed by atoms with Gasteiger partial charge in [0.1, 0.15) is 23.7 Å². The smallest absolute Gasteiger partial charge is 0.272 e. The molecule has 2 aliphatic rings. The van der Waals surface area contributed by atoms with Gasteiger partial charge in [0.15, 0.2) is 0 Å². The predicted octanol–water partition coefficient (Wildman–Crippen LogP) is 2.19. The number of nitrogens with one attached hydrogen (secondary N) is 1. The van der Waals surface area contributed by atoms with Crippen LogP contribution in [0.4, 0.5) is 11.6 Å². The van der Waals surface area contributed by atoms with E-state index in [9.17, 15) is 4.79 Å². The van der Waals surface area contributed by atoms with E-state index in [1.54, 1.807) is 12.3 Å². The lowest BCUT2D eigenvalue weighted by Gasteiger charge is -2.35. The number of carbonyl (C=O) groups excluding carboxylic acids is 1. The largest absolute Gasteiger partial charge is 0.367 e.